The van der Waals surface area contributed by atoms with Gasteiger partial charge in [0.2, 0.25) is 0 Å². The van der Waals surface area contributed by atoms with Crippen molar-refractivity contribution in [1.82, 2.24) is 14.9 Å². The van der Waals surface area contributed by atoms with Crippen LogP contribution in [0.2, 0.25) is 0 Å². The minimum Gasteiger partial charge on any atom is -0.306 e. The van der Waals surface area contributed by atoms with Crippen LogP contribution in [0, 0.1) is 5.82 Å². The highest BCUT2D eigenvalue weighted by Gasteiger charge is 2.07. The molecule has 0 aliphatic heterocycles. The highest BCUT2D eigenvalue weighted by molar-refractivity contribution is 5.53. The third-order valence-electron chi connectivity index (χ3n) is 3.47. The summed E-state index contributed by atoms with van der Waals surface area (Å²) in [6.07, 6.45) is 3.81. The van der Waals surface area contributed by atoms with Crippen molar-refractivity contribution >= 4 is 5.52 Å². The summed E-state index contributed by atoms with van der Waals surface area (Å²) in [6, 6.07) is 12.8. The molecule has 0 amide bonds. The number of aromatic nitrogens is 2. The number of nitrogens with one attached hydrogen (secondary N) is 1. The summed E-state index contributed by atoms with van der Waals surface area (Å²) in [5.74, 6) is -0.205. The Balaban J connectivity index is 1.71. The molecule has 1 atom stereocenters. The normalized spacial score (nSPS) is 12.7. The van der Waals surface area contributed by atoms with Gasteiger partial charge >= 0.3 is 0 Å². The molecule has 0 saturated carbocycles. The molecular formula is C16H16FN3. The molecule has 3 aromatic rings. The van der Waals surface area contributed by atoms with Crippen molar-refractivity contribution in [1.29, 1.82) is 0 Å². The van der Waals surface area contributed by atoms with Crippen molar-refractivity contribution in [3.63, 3.8) is 0 Å². The molecular weight excluding hydrogens is 253 g/mol. The van der Waals surface area contributed by atoms with Gasteiger partial charge in [-0.2, -0.15) is 5.10 Å². The standard InChI is InChI=1S/C16H16FN3/c1-12(13-5-7-15(17)8-6-13)18-10-14-11-19-20-9-3-2-4-16(14)20/h2-9,11-12,18H,10H2,1H3. The average molecular weight is 269 g/mol. The van der Waals surface area contributed by atoms with E-state index in [-0.39, 0.29) is 11.9 Å². The van der Waals surface area contributed by atoms with Crippen LogP contribution < -0.4 is 5.32 Å². The maximum Gasteiger partial charge on any atom is 0.123 e. The first-order chi connectivity index (χ1) is 9.74. The smallest absolute Gasteiger partial charge is 0.123 e. The molecule has 1 aromatic carbocycles. The van der Waals surface area contributed by atoms with Gasteiger partial charge in [-0.25, -0.2) is 8.91 Å². The van der Waals surface area contributed by atoms with Gasteiger partial charge in [-0.1, -0.05) is 18.2 Å². The summed E-state index contributed by atoms with van der Waals surface area (Å²) in [7, 11) is 0. The molecule has 1 N–H and O–H groups in total. The molecule has 0 saturated heterocycles. The lowest BCUT2D eigenvalue weighted by atomic mass is 10.1. The van der Waals surface area contributed by atoms with Gasteiger partial charge in [-0.15, -0.1) is 0 Å². The second kappa shape index (κ2) is 5.43. The number of rotatable bonds is 4. The first-order valence-corrected chi connectivity index (χ1v) is 6.64. The topological polar surface area (TPSA) is 29.3 Å². The fourth-order valence-electron chi connectivity index (χ4n) is 2.26. The molecule has 1 unspecified atom stereocenters. The lowest BCUT2D eigenvalue weighted by molar-refractivity contribution is 0.572. The van der Waals surface area contributed by atoms with Crippen molar-refractivity contribution in [3.05, 3.63) is 71.8 Å². The van der Waals surface area contributed by atoms with Crippen LogP contribution in [0.5, 0.6) is 0 Å². The van der Waals surface area contributed by atoms with Crippen LogP contribution in [0.1, 0.15) is 24.1 Å². The van der Waals surface area contributed by atoms with Crippen LogP contribution in [0.15, 0.2) is 54.9 Å². The number of hydrogen-bond donors (Lipinski definition) is 1. The zero-order valence-corrected chi connectivity index (χ0v) is 11.3. The van der Waals surface area contributed by atoms with Gasteiger partial charge in [-0.05, 0) is 36.8 Å². The van der Waals surface area contributed by atoms with E-state index in [9.17, 15) is 4.39 Å². The minimum absolute atomic E-state index is 0.161. The third kappa shape index (κ3) is 2.56. The molecule has 2 heterocycles. The number of nitrogens with zero attached hydrogens (tertiary/aromatic N) is 2. The zero-order chi connectivity index (χ0) is 13.9. The first kappa shape index (κ1) is 12.8. The third-order valence-corrected chi connectivity index (χ3v) is 3.47. The molecule has 3 nitrogen and oxygen atoms in total. The Morgan fingerprint density at radius 3 is 2.80 bits per heavy atom. The number of halogens is 1. The second-order valence-electron chi connectivity index (χ2n) is 4.85. The van der Waals surface area contributed by atoms with Crippen molar-refractivity contribution in [2.24, 2.45) is 0 Å². The summed E-state index contributed by atoms with van der Waals surface area (Å²) in [5, 5.41) is 7.75. The summed E-state index contributed by atoms with van der Waals surface area (Å²) in [4.78, 5) is 0. The Labute approximate surface area is 117 Å². The lowest BCUT2D eigenvalue weighted by Gasteiger charge is -2.13. The molecule has 0 aliphatic carbocycles. The van der Waals surface area contributed by atoms with Gasteiger partial charge in [0.05, 0.1) is 11.7 Å². The molecule has 0 radical (unpaired) electrons. The van der Waals surface area contributed by atoms with E-state index in [1.807, 2.05) is 47.2 Å². The van der Waals surface area contributed by atoms with E-state index in [4.69, 9.17) is 0 Å². The van der Waals surface area contributed by atoms with E-state index in [0.717, 1.165) is 23.2 Å². The number of benzene rings is 1. The maximum atomic E-state index is 12.9. The van der Waals surface area contributed by atoms with Gasteiger partial charge in [-0.3, -0.25) is 0 Å². The molecule has 3 rings (SSSR count). The molecule has 0 bridgehead atoms. The SMILES string of the molecule is CC(NCc1cnn2ccccc12)c1ccc(F)cc1. The molecule has 0 spiro atoms. The number of hydrogen-bond acceptors (Lipinski definition) is 2. The summed E-state index contributed by atoms with van der Waals surface area (Å²) in [5.41, 5.74) is 3.33. The van der Waals surface area contributed by atoms with E-state index < -0.39 is 0 Å². The molecule has 2 aromatic heterocycles. The number of pyridine rings is 1. The van der Waals surface area contributed by atoms with E-state index in [2.05, 4.69) is 17.3 Å². The Bertz CT molecular complexity index is 703. The van der Waals surface area contributed by atoms with Crippen LogP contribution >= 0.6 is 0 Å². The first-order valence-electron chi connectivity index (χ1n) is 6.64. The van der Waals surface area contributed by atoms with E-state index >= 15 is 0 Å². The summed E-state index contributed by atoms with van der Waals surface area (Å²) < 4.78 is 14.8. The Morgan fingerprint density at radius 2 is 2.00 bits per heavy atom. The zero-order valence-electron chi connectivity index (χ0n) is 11.3. The van der Waals surface area contributed by atoms with E-state index in [0.29, 0.717) is 0 Å². The van der Waals surface area contributed by atoms with Crippen LogP contribution in [0.4, 0.5) is 4.39 Å². The molecule has 20 heavy (non-hydrogen) atoms. The monoisotopic (exact) mass is 269 g/mol. The predicted octanol–water partition coefficient (Wildman–Crippen LogP) is 3.32. The summed E-state index contributed by atoms with van der Waals surface area (Å²) in [6.45, 7) is 2.80. The van der Waals surface area contributed by atoms with Crippen molar-refractivity contribution in [2.45, 2.75) is 19.5 Å². The molecule has 102 valence electrons. The van der Waals surface area contributed by atoms with Crippen molar-refractivity contribution < 1.29 is 4.39 Å². The van der Waals surface area contributed by atoms with Crippen LogP contribution in [0.25, 0.3) is 5.52 Å². The Kier molecular flexibility index (Phi) is 3.48. The fraction of sp³-hybridized carbons (Fsp3) is 0.188. The van der Waals surface area contributed by atoms with Crippen LogP contribution in [-0.4, -0.2) is 9.61 Å². The van der Waals surface area contributed by atoms with Gasteiger partial charge in [0, 0.05) is 24.3 Å². The van der Waals surface area contributed by atoms with Crippen LogP contribution in [-0.2, 0) is 6.54 Å². The maximum absolute atomic E-state index is 12.9. The van der Waals surface area contributed by atoms with Crippen molar-refractivity contribution in [3.8, 4) is 0 Å². The van der Waals surface area contributed by atoms with Crippen LogP contribution in [0.3, 0.4) is 0 Å². The van der Waals surface area contributed by atoms with Crippen molar-refractivity contribution in [2.75, 3.05) is 0 Å². The van der Waals surface area contributed by atoms with Gasteiger partial charge < -0.3 is 5.32 Å². The van der Waals surface area contributed by atoms with E-state index in [1.165, 1.54) is 12.1 Å². The Hall–Kier alpha value is -2.20. The Morgan fingerprint density at radius 1 is 1.20 bits per heavy atom. The molecule has 4 heteroatoms. The van der Waals surface area contributed by atoms with E-state index in [1.54, 1.807) is 0 Å². The van der Waals surface area contributed by atoms with Gasteiger partial charge in [0.1, 0.15) is 5.82 Å². The second-order valence-corrected chi connectivity index (χ2v) is 4.85. The quantitative estimate of drug-likeness (QED) is 0.787. The molecule has 0 fully saturated rings. The number of fused-ring (bicyclic) bond motifs is 1. The molecule has 0 aliphatic rings. The average Bonchev–Trinajstić information content (AvgIpc) is 2.89. The lowest BCUT2D eigenvalue weighted by Crippen LogP contribution is -2.17. The highest BCUT2D eigenvalue weighted by atomic mass is 19.1. The minimum atomic E-state index is -0.205. The summed E-state index contributed by atoms with van der Waals surface area (Å²) >= 11 is 0. The van der Waals surface area contributed by atoms with Gasteiger partial charge in [0.15, 0.2) is 0 Å². The predicted molar refractivity (Wildman–Crippen MR) is 76.8 cm³/mol. The largest absolute Gasteiger partial charge is 0.306 e. The highest BCUT2D eigenvalue weighted by Crippen LogP contribution is 2.15. The fourth-order valence-corrected chi connectivity index (χ4v) is 2.26. The van der Waals surface area contributed by atoms with Gasteiger partial charge in [0.25, 0.3) is 0 Å².